The van der Waals surface area contributed by atoms with Crippen LogP contribution >= 0.6 is 0 Å². The highest BCUT2D eigenvalue weighted by molar-refractivity contribution is 6.07. The molecule has 0 aliphatic carbocycles. The summed E-state index contributed by atoms with van der Waals surface area (Å²) in [5, 5.41) is 6.33. The lowest BCUT2D eigenvalue weighted by molar-refractivity contribution is 0.0635. The fraction of sp³-hybridized carbons (Fsp3) is 0.292. The van der Waals surface area contributed by atoms with Crippen LogP contribution in [0.25, 0.3) is 10.9 Å². The van der Waals surface area contributed by atoms with Gasteiger partial charge in [-0.2, -0.15) is 0 Å². The molecule has 0 bridgehead atoms. The van der Waals surface area contributed by atoms with Crippen LogP contribution in [-0.2, 0) is 4.74 Å². The van der Waals surface area contributed by atoms with E-state index >= 15 is 0 Å². The van der Waals surface area contributed by atoms with Crippen molar-refractivity contribution in [3.05, 3.63) is 53.7 Å². The average molecular weight is 437 g/mol. The first-order chi connectivity index (χ1) is 15.1. The molecular weight excluding hydrogens is 410 g/mol. The number of methoxy groups -OCH3 is 2. The lowest BCUT2D eigenvalue weighted by Crippen LogP contribution is -2.27. The monoisotopic (exact) mass is 437 g/mol. The molecule has 0 saturated carbocycles. The highest BCUT2D eigenvalue weighted by Crippen LogP contribution is 2.29. The minimum Gasteiger partial charge on any atom is -0.497 e. The van der Waals surface area contributed by atoms with E-state index in [0.29, 0.717) is 34.1 Å². The van der Waals surface area contributed by atoms with Gasteiger partial charge in [0.1, 0.15) is 17.1 Å². The first-order valence-electron chi connectivity index (χ1n) is 10.0. The van der Waals surface area contributed by atoms with Gasteiger partial charge in [0.15, 0.2) is 0 Å². The van der Waals surface area contributed by atoms with Gasteiger partial charge in [0, 0.05) is 17.1 Å². The van der Waals surface area contributed by atoms with Gasteiger partial charge in [-0.25, -0.2) is 4.79 Å². The summed E-state index contributed by atoms with van der Waals surface area (Å²) < 4.78 is 15.8. The van der Waals surface area contributed by atoms with Gasteiger partial charge in [0.25, 0.3) is 5.91 Å². The Bertz CT molecular complexity index is 1170. The number of hydrogen-bond donors (Lipinski definition) is 2. The number of carbonyl (C=O) groups is 2. The van der Waals surface area contributed by atoms with E-state index in [4.69, 9.17) is 14.2 Å². The number of fused-ring (bicyclic) bond motifs is 1. The Morgan fingerprint density at radius 2 is 1.69 bits per heavy atom. The second-order valence-corrected chi connectivity index (χ2v) is 8.18. The molecule has 3 aromatic rings. The summed E-state index contributed by atoms with van der Waals surface area (Å²) >= 11 is 0. The topological polar surface area (TPSA) is 98.8 Å². The highest BCUT2D eigenvalue weighted by Gasteiger charge is 2.18. The summed E-state index contributed by atoms with van der Waals surface area (Å²) in [5.41, 5.74) is 1.99. The molecule has 0 unspecified atom stereocenters. The van der Waals surface area contributed by atoms with Crippen molar-refractivity contribution in [2.45, 2.75) is 33.3 Å². The molecule has 0 atom stereocenters. The molecule has 0 aliphatic rings. The molecule has 8 nitrogen and oxygen atoms in total. The number of amides is 2. The molecule has 2 aromatic carbocycles. The molecule has 0 saturated heterocycles. The van der Waals surface area contributed by atoms with E-state index in [0.717, 1.165) is 10.9 Å². The summed E-state index contributed by atoms with van der Waals surface area (Å²) in [5.74, 6) is 0.817. The zero-order valence-corrected chi connectivity index (χ0v) is 19.0. The number of ether oxygens (including phenoxy) is 3. The number of nitrogens with one attached hydrogen (secondary N) is 2. The third kappa shape index (κ3) is 5.46. The molecule has 1 aromatic heterocycles. The van der Waals surface area contributed by atoms with Gasteiger partial charge >= 0.3 is 6.09 Å². The molecule has 0 spiro atoms. The highest BCUT2D eigenvalue weighted by atomic mass is 16.6. The van der Waals surface area contributed by atoms with Crippen LogP contribution in [0.15, 0.2) is 42.5 Å². The SMILES string of the molecule is COc1ccc2cc(C(=O)Nc3ccc(OC)c(NC(=O)OC(C)(C)C)c3)c(C)nc2c1. The van der Waals surface area contributed by atoms with E-state index in [1.807, 2.05) is 18.2 Å². The molecule has 3 rings (SSSR count). The van der Waals surface area contributed by atoms with Crippen molar-refractivity contribution in [1.29, 1.82) is 0 Å². The van der Waals surface area contributed by atoms with Crippen LogP contribution in [0.5, 0.6) is 11.5 Å². The molecule has 1 heterocycles. The molecule has 2 N–H and O–H groups in total. The van der Waals surface area contributed by atoms with Crippen molar-refractivity contribution in [1.82, 2.24) is 4.98 Å². The Hall–Kier alpha value is -3.81. The second-order valence-electron chi connectivity index (χ2n) is 8.18. The summed E-state index contributed by atoms with van der Waals surface area (Å²) in [4.78, 5) is 29.7. The first-order valence-corrected chi connectivity index (χ1v) is 10.0. The zero-order chi connectivity index (χ0) is 23.5. The summed E-state index contributed by atoms with van der Waals surface area (Å²) in [6, 6.07) is 12.2. The third-order valence-electron chi connectivity index (χ3n) is 4.55. The molecule has 0 aliphatic heterocycles. The van der Waals surface area contributed by atoms with E-state index in [9.17, 15) is 9.59 Å². The number of nitrogens with zero attached hydrogens (tertiary/aromatic N) is 1. The minimum absolute atomic E-state index is 0.318. The molecular formula is C24H27N3O5. The standard InChI is InChI=1S/C24H27N3O5/c1-14-18(11-15-7-9-17(30-5)13-19(15)25-14)22(28)26-16-8-10-21(31-6)20(12-16)27-23(29)32-24(2,3)4/h7-13H,1-6H3,(H,26,28)(H,27,29). The maximum Gasteiger partial charge on any atom is 0.412 e. The van der Waals surface area contributed by atoms with Crippen LogP contribution in [0.1, 0.15) is 36.8 Å². The van der Waals surface area contributed by atoms with E-state index in [1.165, 1.54) is 7.11 Å². The fourth-order valence-corrected chi connectivity index (χ4v) is 3.10. The Balaban J connectivity index is 1.84. The molecule has 168 valence electrons. The maximum absolute atomic E-state index is 13.0. The van der Waals surface area contributed by atoms with Gasteiger partial charge in [0.2, 0.25) is 0 Å². The van der Waals surface area contributed by atoms with Crippen molar-refractivity contribution in [2.24, 2.45) is 0 Å². The second kappa shape index (κ2) is 9.13. The van der Waals surface area contributed by atoms with E-state index in [-0.39, 0.29) is 5.91 Å². The van der Waals surface area contributed by atoms with Crippen LogP contribution in [0.4, 0.5) is 16.2 Å². The normalized spacial score (nSPS) is 11.1. The van der Waals surface area contributed by atoms with Crippen LogP contribution in [-0.4, -0.2) is 36.8 Å². The average Bonchev–Trinajstić information content (AvgIpc) is 2.71. The number of rotatable bonds is 5. The number of pyridine rings is 1. The van der Waals surface area contributed by atoms with Crippen LogP contribution < -0.4 is 20.1 Å². The van der Waals surface area contributed by atoms with Crippen molar-refractivity contribution in [3.63, 3.8) is 0 Å². The molecule has 0 radical (unpaired) electrons. The van der Waals surface area contributed by atoms with Crippen LogP contribution in [0.3, 0.4) is 0 Å². The Labute approximate surface area is 186 Å². The molecule has 0 fully saturated rings. The molecule has 32 heavy (non-hydrogen) atoms. The Kier molecular flexibility index (Phi) is 6.53. The lowest BCUT2D eigenvalue weighted by atomic mass is 10.1. The van der Waals surface area contributed by atoms with Gasteiger partial charge in [-0.3, -0.25) is 15.1 Å². The third-order valence-corrected chi connectivity index (χ3v) is 4.55. The number of benzene rings is 2. The summed E-state index contributed by atoms with van der Waals surface area (Å²) in [7, 11) is 3.09. The molecule has 2 amide bonds. The predicted molar refractivity (Wildman–Crippen MR) is 124 cm³/mol. The summed E-state index contributed by atoms with van der Waals surface area (Å²) in [6.45, 7) is 7.10. The number of aryl methyl sites for hydroxylation is 1. The Morgan fingerprint density at radius 1 is 0.938 bits per heavy atom. The van der Waals surface area contributed by atoms with Crippen LogP contribution in [0.2, 0.25) is 0 Å². The van der Waals surface area contributed by atoms with E-state index in [1.54, 1.807) is 59.1 Å². The number of anilines is 2. The largest absolute Gasteiger partial charge is 0.497 e. The van der Waals surface area contributed by atoms with Gasteiger partial charge in [-0.1, -0.05) is 0 Å². The minimum atomic E-state index is -0.645. The van der Waals surface area contributed by atoms with Crippen molar-refractivity contribution < 1.29 is 23.8 Å². The van der Waals surface area contributed by atoms with Crippen molar-refractivity contribution in [2.75, 3.05) is 24.9 Å². The maximum atomic E-state index is 13.0. The predicted octanol–water partition coefficient (Wildman–Crippen LogP) is 5.16. The first kappa shape index (κ1) is 22.9. The van der Waals surface area contributed by atoms with Gasteiger partial charge < -0.3 is 19.5 Å². The number of carbonyl (C=O) groups excluding carboxylic acids is 2. The fourth-order valence-electron chi connectivity index (χ4n) is 3.10. The van der Waals surface area contributed by atoms with Gasteiger partial charge in [0.05, 0.1) is 36.7 Å². The number of hydrogen-bond acceptors (Lipinski definition) is 6. The van der Waals surface area contributed by atoms with Gasteiger partial charge in [-0.15, -0.1) is 0 Å². The molecule has 8 heteroatoms. The zero-order valence-electron chi connectivity index (χ0n) is 19.0. The van der Waals surface area contributed by atoms with Gasteiger partial charge in [-0.05, 0) is 64.1 Å². The smallest absolute Gasteiger partial charge is 0.412 e. The summed E-state index contributed by atoms with van der Waals surface area (Å²) in [6.07, 6.45) is -0.621. The van der Waals surface area contributed by atoms with E-state index < -0.39 is 11.7 Å². The van der Waals surface area contributed by atoms with Crippen molar-refractivity contribution >= 4 is 34.3 Å². The van der Waals surface area contributed by atoms with Crippen molar-refractivity contribution in [3.8, 4) is 11.5 Å². The Morgan fingerprint density at radius 3 is 2.34 bits per heavy atom. The van der Waals surface area contributed by atoms with Crippen LogP contribution in [0, 0.1) is 6.92 Å². The van der Waals surface area contributed by atoms with E-state index in [2.05, 4.69) is 15.6 Å². The quantitative estimate of drug-likeness (QED) is 0.572. The number of aromatic nitrogens is 1. The lowest BCUT2D eigenvalue weighted by Gasteiger charge is -2.20.